The van der Waals surface area contributed by atoms with Crippen LogP contribution in [0, 0.1) is 23.7 Å². The van der Waals surface area contributed by atoms with Crippen molar-refractivity contribution in [2.24, 2.45) is 12.5 Å². The van der Waals surface area contributed by atoms with Crippen LogP contribution in [0.25, 0.3) is 0 Å². The van der Waals surface area contributed by atoms with E-state index in [4.69, 9.17) is 10.4 Å². The second-order valence-electron chi connectivity index (χ2n) is 5.04. The smallest absolute Gasteiger partial charge is 0.142 e. The lowest BCUT2D eigenvalue weighted by atomic mass is 9.90. The average molecular weight is 236 g/mol. The molecule has 0 bridgehead atoms. The zero-order valence-corrected chi connectivity index (χ0v) is 10.9. The molecule has 1 heterocycles. The highest BCUT2D eigenvalue weighted by Crippen LogP contribution is 2.23. The molecular formula is C12H20N4O. The van der Waals surface area contributed by atoms with Crippen LogP contribution in [0.2, 0.25) is 0 Å². The second kappa shape index (κ2) is 5.19. The molecule has 5 heteroatoms. The van der Waals surface area contributed by atoms with Crippen molar-refractivity contribution in [1.82, 2.24) is 9.78 Å². The summed E-state index contributed by atoms with van der Waals surface area (Å²) in [6.07, 6.45) is 0.721. The molecule has 0 amide bonds. The highest BCUT2D eigenvalue weighted by Gasteiger charge is 2.19. The van der Waals surface area contributed by atoms with Gasteiger partial charge < -0.3 is 10.4 Å². The predicted octanol–water partition coefficient (Wildman–Crippen LogP) is 1.42. The van der Waals surface area contributed by atoms with E-state index in [1.807, 2.05) is 14.0 Å². The first-order valence-electron chi connectivity index (χ1n) is 5.69. The maximum absolute atomic E-state index is 9.06. The van der Waals surface area contributed by atoms with Crippen molar-refractivity contribution in [3.05, 3.63) is 11.3 Å². The van der Waals surface area contributed by atoms with Gasteiger partial charge in [0.15, 0.2) is 0 Å². The van der Waals surface area contributed by atoms with Crippen molar-refractivity contribution in [2.75, 3.05) is 18.5 Å². The van der Waals surface area contributed by atoms with Gasteiger partial charge in [0.1, 0.15) is 17.5 Å². The number of aliphatic hydroxyl groups excluding tert-OH is 1. The second-order valence-corrected chi connectivity index (χ2v) is 5.04. The number of anilines is 1. The van der Waals surface area contributed by atoms with Gasteiger partial charge in [-0.25, -0.2) is 0 Å². The van der Waals surface area contributed by atoms with Gasteiger partial charge in [0.05, 0.1) is 5.69 Å². The largest absolute Gasteiger partial charge is 0.396 e. The molecule has 0 saturated heterocycles. The fourth-order valence-corrected chi connectivity index (χ4v) is 1.71. The maximum atomic E-state index is 9.06. The van der Waals surface area contributed by atoms with Crippen LogP contribution in [0.15, 0.2) is 0 Å². The van der Waals surface area contributed by atoms with Crippen LogP contribution < -0.4 is 5.32 Å². The summed E-state index contributed by atoms with van der Waals surface area (Å²) in [5, 5.41) is 25.5. The molecule has 0 aliphatic heterocycles. The van der Waals surface area contributed by atoms with Crippen molar-refractivity contribution in [1.29, 1.82) is 5.26 Å². The molecule has 0 saturated carbocycles. The normalized spacial score (nSPS) is 11.3. The minimum Gasteiger partial charge on any atom is -0.396 e. The van der Waals surface area contributed by atoms with E-state index in [9.17, 15) is 0 Å². The Balaban J connectivity index is 2.80. The van der Waals surface area contributed by atoms with Crippen LogP contribution >= 0.6 is 0 Å². The number of nitrogens with one attached hydrogen (secondary N) is 1. The predicted molar refractivity (Wildman–Crippen MR) is 66.6 cm³/mol. The Morgan fingerprint density at radius 3 is 2.71 bits per heavy atom. The first-order valence-corrected chi connectivity index (χ1v) is 5.69. The van der Waals surface area contributed by atoms with E-state index in [-0.39, 0.29) is 12.0 Å². The van der Waals surface area contributed by atoms with E-state index in [0.29, 0.717) is 12.1 Å². The third-order valence-corrected chi connectivity index (χ3v) is 2.86. The van der Waals surface area contributed by atoms with Crippen molar-refractivity contribution >= 4 is 5.82 Å². The first-order chi connectivity index (χ1) is 7.91. The van der Waals surface area contributed by atoms with E-state index in [1.165, 1.54) is 0 Å². The van der Waals surface area contributed by atoms with Crippen molar-refractivity contribution in [3.8, 4) is 6.07 Å². The third kappa shape index (κ3) is 3.21. The Bertz CT molecular complexity index is 428. The summed E-state index contributed by atoms with van der Waals surface area (Å²) < 4.78 is 1.68. The number of nitriles is 1. The molecule has 0 spiro atoms. The number of aryl methyl sites for hydroxylation is 2. The molecule has 1 aromatic heterocycles. The lowest BCUT2D eigenvalue weighted by Gasteiger charge is -2.24. The molecule has 17 heavy (non-hydrogen) atoms. The van der Waals surface area contributed by atoms with Gasteiger partial charge in [0, 0.05) is 20.2 Å². The summed E-state index contributed by atoms with van der Waals surface area (Å²) in [4.78, 5) is 0. The number of nitrogens with zero attached hydrogens (tertiary/aromatic N) is 3. The molecule has 1 aromatic rings. The molecule has 5 nitrogen and oxygen atoms in total. The van der Waals surface area contributed by atoms with E-state index >= 15 is 0 Å². The van der Waals surface area contributed by atoms with E-state index in [0.717, 1.165) is 17.9 Å². The SMILES string of the molecule is Cc1nn(C)c(NCC(C)(C)CCO)c1C#N. The van der Waals surface area contributed by atoms with Crippen molar-refractivity contribution in [3.63, 3.8) is 0 Å². The third-order valence-electron chi connectivity index (χ3n) is 2.86. The lowest BCUT2D eigenvalue weighted by Crippen LogP contribution is -2.25. The Labute approximate surface area is 102 Å². The van der Waals surface area contributed by atoms with Crippen LogP contribution in [-0.2, 0) is 7.05 Å². The topological polar surface area (TPSA) is 73.9 Å². The summed E-state index contributed by atoms with van der Waals surface area (Å²) in [7, 11) is 1.81. The number of hydrogen-bond donors (Lipinski definition) is 2. The Hall–Kier alpha value is -1.54. The Morgan fingerprint density at radius 2 is 2.18 bits per heavy atom. The Morgan fingerprint density at radius 1 is 1.53 bits per heavy atom. The quantitative estimate of drug-likeness (QED) is 0.811. The lowest BCUT2D eigenvalue weighted by molar-refractivity contribution is 0.220. The standard InChI is InChI=1S/C12H20N4O/c1-9-10(7-13)11(16(4)15-9)14-8-12(2,3)5-6-17/h14,17H,5-6,8H2,1-4H3. The highest BCUT2D eigenvalue weighted by atomic mass is 16.3. The summed E-state index contributed by atoms with van der Waals surface area (Å²) in [6.45, 7) is 6.84. The summed E-state index contributed by atoms with van der Waals surface area (Å²) in [5.41, 5.74) is 1.31. The summed E-state index contributed by atoms with van der Waals surface area (Å²) in [6, 6.07) is 2.16. The van der Waals surface area contributed by atoms with Gasteiger partial charge in [-0.15, -0.1) is 0 Å². The van der Waals surface area contributed by atoms with Gasteiger partial charge in [0.2, 0.25) is 0 Å². The summed E-state index contributed by atoms with van der Waals surface area (Å²) in [5.74, 6) is 0.746. The first kappa shape index (κ1) is 13.5. The van der Waals surface area contributed by atoms with E-state index in [1.54, 1.807) is 4.68 Å². The van der Waals surface area contributed by atoms with Crippen LogP contribution in [0.3, 0.4) is 0 Å². The molecule has 0 aromatic carbocycles. The average Bonchev–Trinajstić information content (AvgIpc) is 2.49. The minimum absolute atomic E-state index is 0.0142. The molecule has 0 unspecified atom stereocenters. The van der Waals surface area contributed by atoms with Gasteiger partial charge in [-0.05, 0) is 18.8 Å². The van der Waals surface area contributed by atoms with Gasteiger partial charge >= 0.3 is 0 Å². The fraction of sp³-hybridized carbons (Fsp3) is 0.667. The number of aromatic nitrogens is 2. The van der Waals surface area contributed by atoms with Crippen molar-refractivity contribution < 1.29 is 5.11 Å². The molecule has 0 fully saturated rings. The van der Waals surface area contributed by atoms with Crippen LogP contribution in [-0.4, -0.2) is 28.0 Å². The molecule has 0 atom stereocenters. The molecule has 1 rings (SSSR count). The number of aliphatic hydroxyl groups is 1. The number of hydrogen-bond acceptors (Lipinski definition) is 4. The van der Waals surface area contributed by atoms with Gasteiger partial charge in [-0.1, -0.05) is 13.8 Å². The molecule has 2 N–H and O–H groups in total. The van der Waals surface area contributed by atoms with Gasteiger partial charge in [0.25, 0.3) is 0 Å². The number of rotatable bonds is 5. The zero-order chi connectivity index (χ0) is 13.1. The molecule has 0 aliphatic carbocycles. The minimum atomic E-state index is -0.0142. The van der Waals surface area contributed by atoms with Crippen LogP contribution in [0.4, 0.5) is 5.82 Å². The monoisotopic (exact) mass is 236 g/mol. The van der Waals surface area contributed by atoms with Crippen LogP contribution in [0.5, 0.6) is 0 Å². The molecule has 0 radical (unpaired) electrons. The maximum Gasteiger partial charge on any atom is 0.142 e. The molecule has 0 aliphatic rings. The van der Waals surface area contributed by atoms with Crippen molar-refractivity contribution in [2.45, 2.75) is 27.2 Å². The molecule has 94 valence electrons. The zero-order valence-electron chi connectivity index (χ0n) is 10.9. The fourth-order valence-electron chi connectivity index (χ4n) is 1.71. The summed E-state index contributed by atoms with van der Waals surface area (Å²) >= 11 is 0. The van der Waals surface area contributed by atoms with E-state index < -0.39 is 0 Å². The van der Waals surface area contributed by atoms with E-state index in [2.05, 4.69) is 30.3 Å². The highest BCUT2D eigenvalue weighted by molar-refractivity contribution is 5.55. The van der Waals surface area contributed by atoms with Gasteiger partial charge in [-0.3, -0.25) is 4.68 Å². The molecular weight excluding hydrogens is 216 g/mol. The van der Waals surface area contributed by atoms with Gasteiger partial charge in [-0.2, -0.15) is 10.4 Å². The van der Waals surface area contributed by atoms with Crippen LogP contribution in [0.1, 0.15) is 31.5 Å². The Kier molecular flexibility index (Phi) is 4.13.